The van der Waals surface area contributed by atoms with Gasteiger partial charge < -0.3 is 19.9 Å². The van der Waals surface area contributed by atoms with E-state index < -0.39 is 28.8 Å². The summed E-state index contributed by atoms with van der Waals surface area (Å²) in [4.78, 5) is 11.3. The van der Waals surface area contributed by atoms with Gasteiger partial charge in [0.05, 0.1) is 12.3 Å². The maximum Gasteiger partial charge on any atom is 0.347 e. The summed E-state index contributed by atoms with van der Waals surface area (Å²) in [6.07, 6.45) is -0.896. The van der Waals surface area contributed by atoms with Crippen LogP contribution in [0.4, 0.5) is 10.1 Å². The number of esters is 1. The first-order valence-electron chi connectivity index (χ1n) is 5.24. The van der Waals surface area contributed by atoms with Crippen molar-refractivity contribution in [1.29, 1.82) is 0 Å². The first-order valence-corrected chi connectivity index (χ1v) is 5.24. The van der Waals surface area contributed by atoms with Gasteiger partial charge in [-0.3, -0.25) is 5.21 Å². The fourth-order valence-corrected chi connectivity index (χ4v) is 1.23. The molecule has 0 amide bonds. The van der Waals surface area contributed by atoms with E-state index in [1.807, 2.05) is 0 Å². The van der Waals surface area contributed by atoms with Gasteiger partial charge in [0.2, 0.25) is 0 Å². The monoisotopic (exact) mass is 258 g/mol. The van der Waals surface area contributed by atoms with Crippen molar-refractivity contribution < 1.29 is 23.9 Å². The minimum absolute atomic E-state index is 0.0543. The third kappa shape index (κ3) is 3.57. The second-order valence-corrected chi connectivity index (χ2v) is 3.40. The molecule has 1 rings (SSSR count). The standard InChI is InChI=1S/C11H13FNO5/c1-3-17-11(14)7(2)18-8-4-5-10(13(15)16)9(12)6-8/h4-7,15H,3H2,1-2H3/q-1/t7-/m1/s1. The summed E-state index contributed by atoms with van der Waals surface area (Å²) < 4.78 is 23.1. The van der Waals surface area contributed by atoms with Crippen molar-refractivity contribution in [3.05, 3.63) is 29.2 Å². The lowest BCUT2D eigenvalue weighted by Gasteiger charge is -2.22. The van der Waals surface area contributed by atoms with E-state index in [9.17, 15) is 14.4 Å². The van der Waals surface area contributed by atoms with Crippen molar-refractivity contribution in [3.63, 3.8) is 0 Å². The van der Waals surface area contributed by atoms with Gasteiger partial charge in [-0.2, -0.15) is 0 Å². The van der Waals surface area contributed by atoms with Crippen molar-refractivity contribution in [3.8, 4) is 5.75 Å². The first-order chi connectivity index (χ1) is 8.45. The fourth-order valence-electron chi connectivity index (χ4n) is 1.23. The number of carbonyl (C=O) groups excluding carboxylic acids is 1. The van der Waals surface area contributed by atoms with Crippen LogP contribution in [0.2, 0.25) is 0 Å². The molecule has 0 heterocycles. The summed E-state index contributed by atoms with van der Waals surface area (Å²) in [6.45, 7) is 3.33. The number of hydrogen-bond acceptors (Lipinski definition) is 6. The normalized spacial score (nSPS) is 11.8. The lowest BCUT2D eigenvalue weighted by Crippen LogP contribution is -2.26. The zero-order valence-corrected chi connectivity index (χ0v) is 9.92. The van der Waals surface area contributed by atoms with Gasteiger partial charge in [-0.15, -0.1) is 0 Å². The van der Waals surface area contributed by atoms with E-state index >= 15 is 0 Å². The van der Waals surface area contributed by atoms with Gasteiger partial charge >= 0.3 is 5.97 Å². The summed E-state index contributed by atoms with van der Waals surface area (Å²) in [5.41, 5.74) is -0.536. The van der Waals surface area contributed by atoms with Crippen LogP contribution < -0.4 is 9.96 Å². The quantitative estimate of drug-likeness (QED) is 0.641. The Morgan fingerprint density at radius 2 is 2.28 bits per heavy atom. The number of hydrogen-bond donors (Lipinski definition) is 1. The Bertz CT molecular complexity index is 424. The highest BCUT2D eigenvalue weighted by Crippen LogP contribution is 2.23. The molecule has 1 aromatic carbocycles. The van der Waals surface area contributed by atoms with Gasteiger partial charge in [0.25, 0.3) is 0 Å². The van der Waals surface area contributed by atoms with E-state index in [1.54, 1.807) is 6.92 Å². The van der Waals surface area contributed by atoms with Gasteiger partial charge in [-0.25, -0.2) is 9.18 Å². The predicted molar refractivity (Wildman–Crippen MR) is 60.8 cm³/mol. The Labute approximate surface area is 103 Å². The number of carbonyl (C=O) groups is 1. The molecule has 0 spiro atoms. The molecule has 0 aliphatic carbocycles. The second kappa shape index (κ2) is 6.18. The highest BCUT2D eigenvalue weighted by Gasteiger charge is 2.16. The topological polar surface area (TPSA) is 82.1 Å². The molecule has 6 nitrogen and oxygen atoms in total. The van der Waals surface area contributed by atoms with E-state index in [2.05, 4.69) is 0 Å². The summed E-state index contributed by atoms with van der Waals surface area (Å²) in [5.74, 6) is -1.48. The Kier molecular flexibility index (Phi) is 4.87. The molecule has 0 radical (unpaired) electrons. The molecule has 0 bridgehead atoms. The Balaban J connectivity index is 2.74. The maximum absolute atomic E-state index is 13.3. The Morgan fingerprint density at radius 3 is 2.78 bits per heavy atom. The van der Waals surface area contributed by atoms with Crippen LogP contribution in [0.25, 0.3) is 0 Å². The van der Waals surface area contributed by atoms with Crippen LogP contribution in [0, 0.1) is 11.0 Å². The molecule has 18 heavy (non-hydrogen) atoms. The highest BCUT2D eigenvalue weighted by molar-refractivity contribution is 5.74. The average molecular weight is 258 g/mol. The van der Waals surface area contributed by atoms with Crippen LogP contribution in [0.3, 0.4) is 0 Å². The number of anilines is 1. The van der Waals surface area contributed by atoms with Crippen LogP contribution in [0.15, 0.2) is 18.2 Å². The molecular formula is C11H13FNO5-. The highest BCUT2D eigenvalue weighted by atomic mass is 19.1. The van der Waals surface area contributed by atoms with E-state index in [1.165, 1.54) is 13.0 Å². The molecule has 0 unspecified atom stereocenters. The van der Waals surface area contributed by atoms with Crippen molar-refractivity contribution in [2.24, 2.45) is 0 Å². The smallest absolute Gasteiger partial charge is 0.347 e. The van der Waals surface area contributed by atoms with Crippen LogP contribution in [-0.4, -0.2) is 23.9 Å². The van der Waals surface area contributed by atoms with E-state index in [0.717, 1.165) is 12.1 Å². The summed E-state index contributed by atoms with van der Waals surface area (Å²) >= 11 is 0. The molecule has 0 saturated carbocycles. The molecular weight excluding hydrogens is 245 g/mol. The first kappa shape index (κ1) is 14.2. The Morgan fingerprint density at radius 1 is 1.61 bits per heavy atom. The van der Waals surface area contributed by atoms with Gasteiger partial charge in [-0.05, 0) is 26.0 Å². The SMILES string of the molecule is CCOC(=O)[C@@H](C)Oc1ccc(N([O-])O)c(F)c1. The maximum atomic E-state index is 13.3. The lowest BCUT2D eigenvalue weighted by atomic mass is 10.3. The lowest BCUT2D eigenvalue weighted by molar-refractivity contribution is -0.150. The summed E-state index contributed by atoms with van der Waals surface area (Å²) in [7, 11) is 0. The van der Waals surface area contributed by atoms with Crippen LogP contribution >= 0.6 is 0 Å². The van der Waals surface area contributed by atoms with Gasteiger partial charge in [0.15, 0.2) is 11.9 Å². The molecule has 1 N–H and O–H groups in total. The zero-order valence-electron chi connectivity index (χ0n) is 9.92. The minimum Gasteiger partial charge on any atom is -0.733 e. The van der Waals surface area contributed by atoms with E-state index in [-0.39, 0.29) is 12.4 Å². The molecule has 0 fully saturated rings. The molecule has 1 aromatic rings. The van der Waals surface area contributed by atoms with Gasteiger partial charge in [0, 0.05) is 6.07 Å². The van der Waals surface area contributed by atoms with Crippen molar-refractivity contribution in [2.45, 2.75) is 20.0 Å². The number of ether oxygens (including phenoxy) is 2. The number of halogens is 1. The molecule has 100 valence electrons. The van der Waals surface area contributed by atoms with Crippen molar-refractivity contribution >= 4 is 11.7 Å². The summed E-state index contributed by atoms with van der Waals surface area (Å²) in [5, 5.41) is 18.5. The Hall–Kier alpha value is -1.86. The van der Waals surface area contributed by atoms with Crippen LogP contribution in [0.5, 0.6) is 5.75 Å². The molecule has 0 aliphatic rings. The second-order valence-electron chi connectivity index (χ2n) is 3.40. The third-order valence-electron chi connectivity index (χ3n) is 2.06. The predicted octanol–water partition coefficient (Wildman–Crippen LogP) is 1.85. The van der Waals surface area contributed by atoms with Crippen molar-refractivity contribution in [1.82, 2.24) is 0 Å². The molecule has 0 aliphatic heterocycles. The average Bonchev–Trinajstić information content (AvgIpc) is 2.28. The van der Waals surface area contributed by atoms with Crippen LogP contribution in [-0.2, 0) is 9.53 Å². The molecule has 1 atom stereocenters. The number of rotatable bonds is 5. The molecule has 7 heteroatoms. The largest absolute Gasteiger partial charge is 0.733 e. The zero-order chi connectivity index (χ0) is 13.7. The number of benzene rings is 1. The van der Waals surface area contributed by atoms with Gasteiger partial charge in [0.1, 0.15) is 5.75 Å². The molecule has 0 aromatic heterocycles. The van der Waals surface area contributed by atoms with Crippen LogP contribution in [0.1, 0.15) is 13.8 Å². The van der Waals surface area contributed by atoms with Gasteiger partial charge in [-0.1, -0.05) is 0 Å². The van der Waals surface area contributed by atoms with E-state index in [0.29, 0.717) is 0 Å². The number of nitrogens with zero attached hydrogens (tertiary/aromatic N) is 1. The summed E-state index contributed by atoms with van der Waals surface area (Å²) in [6, 6.07) is 3.19. The minimum atomic E-state index is -0.957. The van der Waals surface area contributed by atoms with E-state index in [4.69, 9.17) is 14.7 Å². The molecule has 0 saturated heterocycles. The third-order valence-corrected chi connectivity index (χ3v) is 2.06. The van der Waals surface area contributed by atoms with Crippen molar-refractivity contribution in [2.75, 3.05) is 11.8 Å². The fraction of sp³-hybridized carbons (Fsp3) is 0.364.